The van der Waals surface area contributed by atoms with Crippen molar-refractivity contribution in [3.05, 3.63) is 16.4 Å². The van der Waals surface area contributed by atoms with Gasteiger partial charge in [-0.2, -0.15) is 5.10 Å². The Hall–Kier alpha value is -1.07. The first-order valence-corrected chi connectivity index (χ1v) is 6.44. The van der Waals surface area contributed by atoms with Crippen molar-refractivity contribution in [2.24, 2.45) is 5.73 Å². The minimum absolute atomic E-state index is 0.350. The first-order valence-electron chi connectivity index (χ1n) is 6.06. The van der Waals surface area contributed by atoms with Gasteiger partial charge in [-0.15, -0.1) is 0 Å². The van der Waals surface area contributed by atoms with Crippen LogP contribution in [0.15, 0.2) is 0 Å². The summed E-state index contributed by atoms with van der Waals surface area (Å²) in [6.07, 6.45) is 0.578. The van der Waals surface area contributed by atoms with E-state index < -0.39 is 5.54 Å². The lowest BCUT2D eigenvalue weighted by molar-refractivity contribution is -0.124. The predicted octanol–water partition coefficient (Wildman–Crippen LogP) is 1.40. The maximum atomic E-state index is 11.5. The van der Waals surface area contributed by atoms with Gasteiger partial charge in [0.05, 0.1) is 21.9 Å². The van der Waals surface area contributed by atoms with Gasteiger partial charge in [0.15, 0.2) is 0 Å². The predicted molar refractivity (Wildman–Crippen MR) is 72.6 cm³/mol. The van der Waals surface area contributed by atoms with E-state index in [9.17, 15) is 4.79 Å². The average molecular weight is 273 g/mol. The summed E-state index contributed by atoms with van der Waals surface area (Å²) in [6, 6.07) is 0. The Morgan fingerprint density at radius 1 is 1.56 bits per heavy atom. The monoisotopic (exact) mass is 272 g/mol. The number of rotatable bonds is 6. The Labute approximate surface area is 113 Å². The SMILES string of the molecule is CCNC(C)(CCn1nc(C)c(Cl)c1C)C(N)=O. The van der Waals surface area contributed by atoms with Gasteiger partial charge in [0.25, 0.3) is 0 Å². The first-order chi connectivity index (χ1) is 8.31. The van der Waals surface area contributed by atoms with Crippen LogP contribution in [0.5, 0.6) is 0 Å². The second kappa shape index (κ2) is 5.71. The summed E-state index contributed by atoms with van der Waals surface area (Å²) < 4.78 is 1.82. The van der Waals surface area contributed by atoms with Crippen LogP contribution in [0, 0.1) is 13.8 Å². The van der Waals surface area contributed by atoms with Gasteiger partial charge in [0, 0.05) is 6.54 Å². The molecule has 0 bridgehead atoms. The van der Waals surface area contributed by atoms with Gasteiger partial charge in [-0.1, -0.05) is 18.5 Å². The number of primary amides is 1. The zero-order valence-corrected chi connectivity index (χ0v) is 12.1. The lowest BCUT2D eigenvalue weighted by Crippen LogP contribution is -2.53. The van der Waals surface area contributed by atoms with Gasteiger partial charge >= 0.3 is 0 Å². The van der Waals surface area contributed by atoms with E-state index in [1.165, 1.54) is 0 Å². The largest absolute Gasteiger partial charge is 0.368 e. The summed E-state index contributed by atoms with van der Waals surface area (Å²) in [5, 5.41) is 8.14. The van der Waals surface area contributed by atoms with E-state index in [0.717, 1.165) is 11.4 Å². The highest BCUT2D eigenvalue weighted by molar-refractivity contribution is 6.31. The molecule has 1 unspecified atom stereocenters. The Kier molecular flexibility index (Phi) is 4.76. The third-order valence-corrected chi connectivity index (χ3v) is 3.77. The van der Waals surface area contributed by atoms with Crippen LogP contribution in [-0.2, 0) is 11.3 Å². The van der Waals surface area contributed by atoms with Crippen LogP contribution in [0.4, 0.5) is 0 Å². The van der Waals surface area contributed by atoms with Crippen molar-refractivity contribution in [2.45, 2.75) is 46.2 Å². The van der Waals surface area contributed by atoms with E-state index >= 15 is 0 Å². The van der Waals surface area contributed by atoms with Gasteiger partial charge in [-0.25, -0.2) is 0 Å². The van der Waals surface area contributed by atoms with Crippen LogP contribution in [0.25, 0.3) is 0 Å². The summed E-state index contributed by atoms with van der Waals surface area (Å²) in [5.41, 5.74) is 6.44. The molecule has 0 saturated carbocycles. The first kappa shape index (κ1) is 15.0. The fourth-order valence-electron chi connectivity index (χ4n) is 1.91. The fourth-order valence-corrected chi connectivity index (χ4v) is 2.05. The number of amides is 1. The maximum Gasteiger partial charge on any atom is 0.237 e. The smallest absolute Gasteiger partial charge is 0.237 e. The maximum absolute atomic E-state index is 11.5. The van der Waals surface area contributed by atoms with Gasteiger partial charge in [0.1, 0.15) is 0 Å². The summed E-state index contributed by atoms with van der Waals surface area (Å²) in [4.78, 5) is 11.5. The zero-order valence-electron chi connectivity index (χ0n) is 11.4. The molecule has 102 valence electrons. The molecule has 1 aromatic rings. The number of aromatic nitrogens is 2. The molecule has 0 saturated heterocycles. The average Bonchev–Trinajstić information content (AvgIpc) is 2.54. The van der Waals surface area contributed by atoms with Gasteiger partial charge < -0.3 is 11.1 Å². The van der Waals surface area contributed by atoms with Crippen molar-refractivity contribution in [2.75, 3.05) is 6.54 Å². The summed E-state index contributed by atoms with van der Waals surface area (Å²) in [7, 11) is 0. The van der Waals surface area contributed by atoms with Crippen molar-refractivity contribution in [1.29, 1.82) is 0 Å². The highest BCUT2D eigenvalue weighted by Gasteiger charge is 2.29. The van der Waals surface area contributed by atoms with Crippen LogP contribution in [-0.4, -0.2) is 27.8 Å². The molecular formula is C12H21ClN4O. The Balaban J connectivity index is 2.79. The Morgan fingerprint density at radius 3 is 2.56 bits per heavy atom. The van der Waals surface area contributed by atoms with Gasteiger partial charge in [-0.3, -0.25) is 9.48 Å². The van der Waals surface area contributed by atoms with E-state index in [4.69, 9.17) is 17.3 Å². The lowest BCUT2D eigenvalue weighted by Gasteiger charge is -2.27. The minimum Gasteiger partial charge on any atom is -0.368 e. The highest BCUT2D eigenvalue weighted by Crippen LogP contribution is 2.20. The molecule has 1 rings (SSSR count). The molecule has 0 aliphatic carbocycles. The van der Waals surface area contributed by atoms with E-state index in [-0.39, 0.29) is 5.91 Å². The third kappa shape index (κ3) is 3.03. The molecule has 1 heterocycles. The van der Waals surface area contributed by atoms with Crippen molar-refractivity contribution < 1.29 is 4.79 Å². The van der Waals surface area contributed by atoms with Crippen LogP contribution >= 0.6 is 11.6 Å². The number of aryl methyl sites for hydroxylation is 2. The quantitative estimate of drug-likeness (QED) is 0.822. The second-order valence-corrected chi connectivity index (χ2v) is 5.06. The van der Waals surface area contributed by atoms with E-state index in [1.807, 2.05) is 32.4 Å². The zero-order chi connectivity index (χ0) is 13.9. The standard InChI is InChI=1S/C12H21ClN4O/c1-5-15-12(4,11(14)18)6-7-17-9(3)10(13)8(2)16-17/h15H,5-7H2,1-4H3,(H2,14,18). The van der Waals surface area contributed by atoms with Gasteiger partial charge in [0.2, 0.25) is 5.91 Å². The molecule has 3 N–H and O–H groups in total. The van der Waals surface area contributed by atoms with Crippen molar-refractivity contribution in [3.8, 4) is 0 Å². The van der Waals surface area contributed by atoms with Crippen LogP contribution in [0.1, 0.15) is 31.7 Å². The van der Waals surface area contributed by atoms with E-state index in [1.54, 1.807) is 0 Å². The summed E-state index contributed by atoms with van der Waals surface area (Å²) in [5.74, 6) is -0.350. The second-order valence-electron chi connectivity index (χ2n) is 4.68. The Morgan fingerprint density at radius 2 is 2.17 bits per heavy atom. The number of hydrogen-bond donors (Lipinski definition) is 2. The van der Waals surface area contributed by atoms with Crippen molar-refractivity contribution in [3.63, 3.8) is 0 Å². The summed E-state index contributed by atoms with van der Waals surface area (Å²) >= 11 is 6.08. The van der Waals surface area contributed by atoms with E-state index in [2.05, 4.69) is 10.4 Å². The normalized spacial score (nSPS) is 14.5. The molecular weight excluding hydrogens is 252 g/mol. The third-order valence-electron chi connectivity index (χ3n) is 3.23. The topological polar surface area (TPSA) is 72.9 Å². The van der Waals surface area contributed by atoms with E-state index in [0.29, 0.717) is 24.5 Å². The molecule has 1 atom stereocenters. The van der Waals surface area contributed by atoms with Crippen LogP contribution < -0.4 is 11.1 Å². The van der Waals surface area contributed by atoms with Crippen molar-refractivity contribution >= 4 is 17.5 Å². The molecule has 0 aliphatic heterocycles. The molecule has 18 heavy (non-hydrogen) atoms. The molecule has 6 heteroatoms. The van der Waals surface area contributed by atoms with Gasteiger partial charge in [-0.05, 0) is 33.7 Å². The number of nitrogens with zero attached hydrogens (tertiary/aromatic N) is 2. The lowest BCUT2D eigenvalue weighted by atomic mass is 9.97. The van der Waals surface area contributed by atoms with Crippen molar-refractivity contribution in [1.82, 2.24) is 15.1 Å². The molecule has 5 nitrogen and oxygen atoms in total. The highest BCUT2D eigenvalue weighted by atomic mass is 35.5. The minimum atomic E-state index is -0.715. The molecule has 1 amide bonds. The number of likely N-dealkylation sites (N-methyl/N-ethyl adjacent to an activating group) is 1. The molecule has 0 aromatic carbocycles. The fraction of sp³-hybridized carbons (Fsp3) is 0.667. The molecule has 0 spiro atoms. The number of carbonyl (C=O) groups excluding carboxylic acids is 1. The molecule has 0 radical (unpaired) electrons. The van der Waals surface area contributed by atoms with Crippen LogP contribution in [0.3, 0.4) is 0 Å². The number of hydrogen-bond acceptors (Lipinski definition) is 3. The molecule has 0 aliphatic rings. The molecule has 1 aromatic heterocycles. The molecule has 0 fully saturated rings. The van der Waals surface area contributed by atoms with Crippen LogP contribution in [0.2, 0.25) is 5.02 Å². The number of nitrogens with one attached hydrogen (secondary N) is 1. The summed E-state index contributed by atoms with van der Waals surface area (Å²) in [6.45, 7) is 8.83. The Bertz CT molecular complexity index is 444. The number of carbonyl (C=O) groups is 1. The number of halogens is 1. The number of nitrogens with two attached hydrogens (primary N) is 1.